The van der Waals surface area contributed by atoms with E-state index < -0.39 is 0 Å². The monoisotopic (exact) mass is 459 g/mol. The van der Waals surface area contributed by atoms with Crippen molar-refractivity contribution in [1.29, 1.82) is 0 Å². The third kappa shape index (κ3) is 4.66. The molecule has 1 aliphatic rings. The summed E-state index contributed by atoms with van der Waals surface area (Å²) < 4.78 is 0.624. The number of carbonyl (C=O) groups is 1. The van der Waals surface area contributed by atoms with Gasteiger partial charge in [0, 0.05) is 43.0 Å². The molecule has 0 saturated carbocycles. The first-order valence-electron chi connectivity index (χ1n) is 11.2. The lowest BCUT2D eigenvalue weighted by molar-refractivity contribution is -0.125. The summed E-state index contributed by atoms with van der Waals surface area (Å²) in [6, 6.07) is 13.9. The van der Waals surface area contributed by atoms with Crippen molar-refractivity contribution in [2.45, 2.75) is 19.3 Å². The number of thiophene rings is 1. The minimum atomic E-state index is -0.135. The standard InChI is InChI=1S/C25H25N5O2S/c31-23(27-12-10-17-6-4-11-26-14-17)19-9-5-13-30(15-19)25-28-21-20(18-7-2-1-3-8-18)16-33-22(21)24(32)29-25/h1-4,6-8,11,14,16,19H,5,9-10,12-13,15H2,(H,27,31)(H,28,29,32)/t19-/m0/s1. The van der Waals surface area contributed by atoms with Gasteiger partial charge in [-0.05, 0) is 36.5 Å². The molecule has 3 aromatic heterocycles. The van der Waals surface area contributed by atoms with Crippen molar-refractivity contribution in [2.75, 3.05) is 24.5 Å². The topological polar surface area (TPSA) is 91.0 Å². The van der Waals surface area contributed by atoms with Gasteiger partial charge in [0.25, 0.3) is 5.56 Å². The van der Waals surface area contributed by atoms with Gasteiger partial charge in [0.15, 0.2) is 0 Å². The van der Waals surface area contributed by atoms with Crippen LogP contribution in [0.15, 0.2) is 65.0 Å². The van der Waals surface area contributed by atoms with Crippen LogP contribution < -0.4 is 15.8 Å². The second-order valence-corrected chi connectivity index (χ2v) is 9.15. The van der Waals surface area contributed by atoms with E-state index in [0.717, 1.165) is 42.5 Å². The second-order valence-electron chi connectivity index (χ2n) is 8.27. The molecule has 1 amide bonds. The molecule has 0 aliphatic carbocycles. The number of nitrogens with zero attached hydrogens (tertiary/aromatic N) is 3. The van der Waals surface area contributed by atoms with Crippen LogP contribution in [0.1, 0.15) is 18.4 Å². The van der Waals surface area contributed by atoms with E-state index in [1.165, 1.54) is 11.3 Å². The summed E-state index contributed by atoms with van der Waals surface area (Å²) in [6.45, 7) is 1.88. The fraction of sp³-hybridized carbons (Fsp3) is 0.280. The summed E-state index contributed by atoms with van der Waals surface area (Å²) in [6.07, 6.45) is 6.02. The molecule has 4 heterocycles. The van der Waals surface area contributed by atoms with E-state index in [0.29, 0.717) is 29.3 Å². The molecule has 5 rings (SSSR count). The van der Waals surface area contributed by atoms with Crippen molar-refractivity contribution >= 4 is 33.4 Å². The van der Waals surface area contributed by atoms with Crippen LogP contribution in [0.3, 0.4) is 0 Å². The number of anilines is 1. The summed E-state index contributed by atoms with van der Waals surface area (Å²) in [5.74, 6) is 0.452. The molecule has 2 N–H and O–H groups in total. The Morgan fingerprint density at radius 2 is 2.09 bits per heavy atom. The zero-order valence-corrected chi connectivity index (χ0v) is 19.0. The Balaban J connectivity index is 1.31. The van der Waals surface area contributed by atoms with Gasteiger partial charge in [-0.25, -0.2) is 4.98 Å². The van der Waals surface area contributed by atoms with E-state index in [4.69, 9.17) is 4.98 Å². The van der Waals surface area contributed by atoms with Gasteiger partial charge < -0.3 is 10.2 Å². The summed E-state index contributed by atoms with van der Waals surface area (Å²) in [5, 5.41) is 5.04. The lowest BCUT2D eigenvalue weighted by Crippen LogP contribution is -2.44. The third-order valence-corrected chi connectivity index (χ3v) is 6.99. The van der Waals surface area contributed by atoms with Crippen LogP contribution in [0.4, 0.5) is 5.95 Å². The van der Waals surface area contributed by atoms with E-state index in [1.807, 2.05) is 58.9 Å². The fourth-order valence-corrected chi connectivity index (χ4v) is 5.20. The number of aromatic amines is 1. The predicted octanol–water partition coefficient (Wildman–Crippen LogP) is 3.62. The average Bonchev–Trinajstić information content (AvgIpc) is 3.30. The zero-order chi connectivity index (χ0) is 22.6. The molecule has 8 heteroatoms. The lowest BCUT2D eigenvalue weighted by Gasteiger charge is -2.32. The minimum Gasteiger partial charge on any atom is -0.355 e. The molecule has 33 heavy (non-hydrogen) atoms. The van der Waals surface area contributed by atoms with Gasteiger partial charge in [0.1, 0.15) is 4.70 Å². The first-order chi connectivity index (χ1) is 16.2. The van der Waals surface area contributed by atoms with E-state index in [9.17, 15) is 9.59 Å². The SMILES string of the molecule is O=C(NCCc1cccnc1)[C@H]1CCCN(c2nc3c(-c4ccccc4)csc3c(=O)[nH]2)C1. The average molecular weight is 460 g/mol. The Morgan fingerprint density at radius 1 is 1.21 bits per heavy atom. The molecular weight excluding hydrogens is 434 g/mol. The Hall–Kier alpha value is -3.52. The number of nitrogens with one attached hydrogen (secondary N) is 2. The highest BCUT2D eigenvalue weighted by Crippen LogP contribution is 2.32. The Kier molecular flexibility index (Phi) is 6.17. The molecule has 1 atom stereocenters. The minimum absolute atomic E-state index is 0.0486. The maximum atomic E-state index is 12.8. The number of hydrogen-bond acceptors (Lipinski definition) is 6. The molecule has 1 saturated heterocycles. The molecule has 0 radical (unpaired) electrons. The van der Waals surface area contributed by atoms with Crippen LogP contribution in [0.25, 0.3) is 21.3 Å². The third-order valence-electron chi connectivity index (χ3n) is 6.03. The molecule has 0 unspecified atom stereocenters. The summed E-state index contributed by atoms with van der Waals surface area (Å²) in [7, 11) is 0. The first kappa shape index (κ1) is 21.3. The number of hydrogen-bond donors (Lipinski definition) is 2. The molecular formula is C25H25N5O2S. The number of H-pyrrole nitrogens is 1. The van der Waals surface area contributed by atoms with Crippen LogP contribution in [0.2, 0.25) is 0 Å². The van der Waals surface area contributed by atoms with Crippen LogP contribution >= 0.6 is 11.3 Å². The molecule has 7 nitrogen and oxygen atoms in total. The van der Waals surface area contributed by atoms with Gasteiger partial charge >= 0.3 is 0 Å². The number of carbonyl (C=O) groups excluding carboxylic acids is 1. The lowest BCUT2D eigenvalue weighted by atomic mass is 9.97. The number of benzene rings is 1. The van der Waals surface area contributed by atoms with E-state index in [2.05, 4.69) is 15.3 Å². The highest BCUT2D eigenvalue weighted by molar-refractivity contribution is 7.17. The first-order valence-corrected chi connectivity index (χ1v) is 12.1. The Bertz CT molecular complexity index is 1300. The molecule has 1 aliphatic heterocycles. The number of pyridine rings is 1. The maximum absolute atomic E-state index is 12.8. The Labute approximate surface area is 195 Å². The van der Waals surface area contributed by atoms with Gasteiger partial charge in [0.2, 0.25) is 11.9 Å². The number of piperidine rings is 1. The Morgan fingerprint density at radius 3 is 2.91 bits per heavy atom. The predicted molar refractivity (Wildman–Crippen MR) is 132 cm³/mol. The normalized spacial score (nSPS) is 16.1. The van der Waals surface area contributed by atoms with Crippen LogP contribution in [-0.4, -0.2) is 40.5 Å². The van der Waals surface area contributed by atoms with Gasteiger partial charge in [-0.15, -0.1) is 11.3 Å². The summed E-state index contributed by atoms with van der Waals surface area (Å²) in [5.41, 5.74) is 3.68. The molecule has 1 fully saturated rings. The highest BCUT2D eigenvalue weighted by atomic mass is 32.1. The maximum Gasteiger partial charge on any atom is 0.270 e. The summed E-state index contributed by atoms with van der Waals surface area (Å²) in [4.78, 5) is 39.5. The van der Waals surface area contributed by atoms with Crippen LogP contribution in [0, 0.1) is 5.92 Å². The van der Waals surface area contributed by atoms with Crippen molar-refractivity contribution < 1.29 is 4.79 Å². The van der Waals surface area contributed by atoms with Gasteiger partial charge in [-0.3, -0.25) is 19.6 Å². The zero-order valence-electron chi connectivity index (χ0n) is 18.2. The second kappa shape index (κ2) is 9.54. The van der Waals surface area contributed by atoms with Crippen molar-refractivity contribution in [3.05, 3.63) is 76.2 Å². The van der Waals surface area contributed by atoms with Gasteiger partial charge in [-0.2, -0.15) is 0 Å². The molecule has 0 spiro atoms. The van der Waals surface area contributed by atoms with E-state index in [1.54, 1.807) is 6.20 Å². The van der Waals surface area contributed by atoms with Crippen LogP contribution in [0.5, 0.6) is 0 Å². The molecule has 1 aromatic carbocycles. The largest absolute Gasteiger partial charge is 0.355 e. The number of amides is 1. The van der Waals surface area contributed by atoms with Gasteiger partial charge in [-0.1, -0.05) is 36.4 Å². The smallest absolute Gasteiger partial charge is 0.270 e. The van der Waals surface area contributed by atoms with Crippen molar-refractivity contribution in [3.8, 4) is 11.1 Å². The number of aromatic nitrogens is 3. The highest BCUT2D eigenvalue weighted by Gasteiger charge is 2.27. The van der Waals surface area contributed by atoms with Gasteiger partial charge in [0.05, 0.1) is 11.4 Å². The molecule has 4 aromatic rings. The summed E-state index contributed by atoms with van der Waals surface area (Å²) >= 11 is 1.41. The van der Waals surface area contributed by atoms with E-state index in [-0.39, 0.29) is 17.4 Å². The molecule has 0 bridgehead atoms. The molecule has 168 valence electrons. The van der Waals surface area contributed by atoms with E-state index >= 15 is 0 Å². The van der Waals surface area contributed by atoms with Crippen LogP contribution in [-0.2, 0) is 11.2 Å². The number of fused-ring (bicyclic) bond motifs is 1. The van der Waals surface area contributed by atoms with Crippen molar-refractivity contribution in [3.63, 3.8) is 0 Å². The number of rotatable bonds is 6. The fourth-order valence-electron chi connectivity index (χ4n) is 4.29. The van der Waals surface area contributed by atoms with Crippen molar-refractivity contribution in [2.24, 2.45) is 5.92 Å². The van der Waals surface area contributed by atoms with Crippen molar-refractivity contribution in [1.82, 2.24) is 20.3 Å². The quantitative estimate of drug-likeness (QED) is 0.460.